The van der Waals surface area contributed by atoms with Crippen molar-refractivity contribution in [2.75, 3.05) is 19.7 Å². The Morgan fingerprint density at radius 2 is 2.25 bits per heavy atom. The van der Waals surface area contributed by atoms with E-state index in [-0.39, 0.29) is 24.2 Å². The lowest BCUT2D eigenvalue weighted by atomic mass is 10.0. The van der Waals surface area contributed by atoms with Crippen molar-refractivity contribution < 1.29 is 14.3 Å². The quantitative estimate of drug-likeness (QED) is 0.841. The Hall–Kier alpha value is -1.26. The summed E-state index contributed by atoms with van der Waals surface area (Å²) in [5.41, 5.74) is 0.983. The maximum atomic E-state index is 13.5. The van der Waals surface area contributed by atoms with E-state index >= 15 is 0 Å². The normalized spacial score (nSPS) is 23.2. The molecule has 1 N–H and O–H groups in total. The summed E-state index contributed by atoms with van der Waals surface area (Å²) in [6.07, 6.45) is 1.42. The van der Waals surface area contributed by atoms with Gasteiger partial charge in [-0.25, -0.2) is 4.39 Å². The van der Waals surface area contributed by atoms with Crippen molar-refractivity contribution in [1.29, 1.82) is 0 Å². The first kappa shape index (κ1) is 15.1. The van der Waals surface area contributed by atoms with Gasteiger partial charge in [0.15, 0.2) is 5.78 Å². The lowest BCUT2D eigenvalue weighted by Crippen LogP contribution is -2.36. The third-order valence-corrected chi connectivity index (χ3v) is 4.30. The molecule has 0 spiro atoms. The van der Waals surface area contributed by atoms with Gasteiger partial charge in [0.05, 0.1) is 6.61 Å². The fraction of sp³-hybridized carbons (Fsp3) is 0.562. The molecule has 1 saturated heterocycles. The highest BCUT2D eigenvalue weighted by Crippen LogP contribution is 2.23. The maximum Gasteiger partial charge on any atom is 0.164 e. The minimum absolute atomic E-state index is 0.0415. The van der Waals surface area contributed by atoms with Crippen molar-refractivity contribution in [1.82, 2.24) is 4.90 Å². The first-order valence-electron chi connectivity index (χ1n) is 7.17. The summed E-state index contributed by atoms with van der Waals surface area (Å²) in [5, 5.41) is 9.38. The molecule has 3 nitrogen and oxygen atoms in total. The molecule has 1 heterocycles. The van der Waals surface area contributed by atoms with Crippen molar-refractivity contribution >= 4 is 5.78 Å². The number of rotatable bonds is 5. The van der Waals surface area contributed by atoms with E-state index in [4.69, 9.17) is 0 Å². The highest BCUT2D eigenvalue weighted by molar-refractivity contribution is 5.96. The van der Waals surface area contributed by atoms with E-state index in [1.54, 1.807) is 19.1 Å². The first-order chi connectivity index (χ1) is 9.52. The topological polar surface area (TPSA) is 40.5 Å². The summed E-state index contributed by atoms with van der Waals surface area (Å²) in [7, 11) is 0. The van der Waals surface area contributed by atoms with Crippen LogP contribution in [0.5, 0.6) is 0 Å². The molecule has 1 fully saturated rings. The molecular formula is C16H22FNO2. The van der Waals surface area contributed by atoms with E-state index in [0.29, 0.717) is 30.0 Å². The molecule has 110 valence electrons. The molecule has 2 rings (SSSR count). The van der Waals surface area contributed by atoms with Crippen LogP contribution in [0, 0.1) is 18.7 Å². The first-order valence-corrected chi connectivity index (χ1v) is 7.17. The molecule has 0 saturated carbocycles. The van der Waals surface area contributed by atoms with Crippen molar-refractivity contribution in [2.24, 2.45) is 5.92 Å². The number of nitrogens with zero attached hydrogens (tertiary/aromatic N) is 1. The Morgan fingerprint density at radius 1 is 1.50 bits per heavy atom. The van der Waals surface area contributed by atoms with Gasteiger partial charge in [-0.15, -0.1) is 0 Å². The largest absolute Gasteiger partial charge is 0.395 e. The van der Waals surface area contributed by atoms with Crippen molar-refractivity contribution in [2.45, 2.75) is 32.7 Å². The van der Waals surface area contributed by atoms with Crippen LogP contribution in [0.2, 0.25) is 0 Å². The summed E-state index contributed by atoms with van der Waals surface area (Å²) < 4.78 is 13.5. The van der Waals surface area contributed by atoms with Gasteiger partial charge in [0.1, 0.15) is 5.82 Å². The second kappa shape index (κ2) is 6.46. The highest BCUT2D eigenvalue weighted by atomic mass is 19.1. The molecule has 2 unspecified atom stereocenters. The second-order valence-corrected chi connectivity index (χ2v) is 5.69. The zero-order valence-corrected chi connectivity index (χ0v) is 12.1. The smallest absolute Gasteiger partial charge is 0.164 e. The Bertz CT molecular complexity index is 489. The van der Waals surface area contributed by atoms with Gasteiger partial charge in [0.25, 0.3) is 0 Å². The Balaban J connectivity index is 1.93. The van der Waals surface area contributed by atoms with E-state index in [0.717, 1.165) is 13.0 Å². The Kier molecular flexibility index (Phi) is 4.89. The van der Waals surface area contributed by atoms with Crippen LogP contribution in [-0.4, -0.2) is 41.5 Å². The average Bonchev–Trinajstić information content (AvgIpc) is 2.79. The zero-order chi connectivity index (χ0) is 14.7. The highest BCUT2D eigenvalue weighted by Gasteiger charge is 2.30. The molecule has 0 amide bonds. The van der Waals surface area contributed by atoms with Crippen LogP contribution < -0.4 is 0 Å². The SMILES string of the molecule is Cc1ccc(C(=O)CCN2CCC(C)C2CO)cc1F. The lowest BCUT2D eigenvalue weighted by molar-refractivity contribution is 0.0933. The molecule has 0 aliphatic carbocycles. The van der Waals surface area contributed by atoms with Crippen LogP contribution in [0.15, 0.2) is 18.2 Å². The number of hydrogen-bond acceptors (Lipinski definition) is 3. The van der Waals surface area contributed by atoms with E-state index in [9.17, 15) is 14.3 Å². The summed E-state index contributed by atoms with van der Waals surface area (Å²) in [4.78, 5) is 14.2. The van der Waals surface area contributed by atoms with Gasteiger partial charge in [-0.1, -0.05) is 19.1 Å². The number of carbonyl (C=O) groups is 1. The van der Waals surface area contributed by atoms with Crippen molar-refractivity contribution in [3.05, 3.63) is 35.1 Å². The molecule has 0 radical (unpaired) electrons. The lowest BCUT2D eigenvalue weighted by Gasteiger charge is -2.24. The fourth-order valence-electron chi connectivity index (χ4n) is 2.82. The number of carbonyl (C=O) groups excluding carboxylic acids is 1. The van der Waals surface area contributed by atoms with Crippen LogP contribution in [0.3, 0.4) is 0 Å². The summed E-state index contributed by atoms with van der Waals surface area (Å²) in [6.45, 7) is 5.49. The number of aliphatic hydroxyl groups excluding tert-OH is 1. The van der Waals surface area contributed by atoms with Crippen molar-refractivity contribution in [3.63, 3.8) is 0 Å². The van der Waals surface area contributed by atoms with Gasteiger partial charge in [-0.05, 0) is 37.4 Å². The number of Topliss-reactive ketones (excluding diaryl/α,β-unsaturated/α-hetero) is 1. The Morgan fingerprint density at radius 3 is 2.90 bits per heavy atom. The molecule has 2 atom stereocenters. The fourth-order valence-corrected chi connectivity index (χ4v) is 2.82. The molecule has 1 aromatic carbocycles. The van der Waals surface area contributed by atoms with E-state index in [1.165, 1.54) is 6.07 Å². The Labute approximate surface area is 119 Å². The molecule has 4 heteroatoms. The van der Waals surface area contributed by atoms with Gasteiger partial charge in [0, 0.05) is 24.6 Å². The van der Waals surface area contributed by atoms with Crippen molar-refractivity contribution in [3.8, 4) is 0 Å². The van der Waals surface area contributed by atoms with Crippen LogP contribution >= 0.6 is 0 Å². The monoisotopic (exact) mass is 279 g/mol. The van der Waals surface area contributed by atoms with Gasteiger partial charge in [0.2, 0.25) is 0 Å². The summed E-state index contributed by atoms with van der Waals surface area (Å²) >= 11 is 0. The average molecular weight is 279 g/mol. The zero-order valence-electron chi connectivity index (χ0n) is 12.1. The molecule has 20 heavy (non-hydrogen) atoms. The van der Waals surface area contributed by atoms with E-state index in [1.807, 2.05) is 0 Å². The van der Waals surface area contributed by atoms with Crippen LogP contribution in [0.25, 0.3) is 0 Å². The molecular weight excluding hydrogens is 257 g/mol. The molecule has 1 aliphatic heterocycles. The number of hydrogen-bond donors (Lipinski definition) is 1. The standard InChI is InChI=1S/C16H22FNO2/c1-11-3-4-13(9-14(11)17)16(20)6-8-18-7-5-12(2)15(18)10-19/h3-4,9,12,15,19H,5-8,10H2,1-2H3. The minimum Gasteiger partial charge on any atom is -0.395 e. The third-order valence-electron chi connectivity index (χ3n) is 4.30. The minimum atomic E-state index is -0.334. The van der Waals surface area contributed by atoms with Crippen LogP contribution in [0.4, 0.5) is 4.39 Å². The van der Waals surface area contributed by atoms with Crippen LogP contribution in [0.1, 0.15) is 35.7 Å². The van der Waals surface area contributed by atoms with E-state index < -0.39 is 0 Å². The summed E-state index contributed by atoms with van der Waals surface area (Å²) in [5.74, 6) is 0.0888. The predicted molar refractivity (Wildman–Crippen MR) is 76.3 cm³/mol. The maximum absolute atomic E-state index is 13.5. The number of likely N-dealkylation sites (tertiary alicyclic amines) is 1. The van der Waals surface area contributed by atoms with Gasteiger partial charge in [-0.3, -0.25) is 9.69 Å². The number of halogens is 1. The molecule has 0 aromatic heterocycles. The molecule has 1 aromatic rings. The summed E-state index contributed by atoms with van der Waals surface area (Å²) in [6, 6.07) is 4.78. The number of aliphatic hydroxyl groups is 1. The number of aryl methyl sites for hydroxylation is 1. The third kappa shape index (κ3) is 3.25. The van der Waals surface area contributed by atoms with Gasteiger partial charge in [-0.2, -0.15) is 0 Å². The number of ketones is 1. The predicted octanol–water partition coefficient (Wildman–Crippen LogP) is 2.41. The van der Waals surface area contributed by atoms with E-state index in [2.05, 4.69) is 11.8 Å². The van der Waals surface area contributed by atoms with Gasteiger partial charge < -0.3 is 5.11 Å². The van der Waals surface area contributed by atoms with Crippen LogP contribution in [-0.2, 0) is 0 Å². The number of benzene rings is 1. The molecule has 0 bridgehead atoms. The second-order valence-electron chi connectivity index (χ2n) is 5.69. The van der Waals surface area contributed by atoms with Gasteiger partial charge >= 0.3 is 0 Å². The molecule has 1 aliphatic rings.